The molecule has 1 aliphatic heterocycles. The minimum Gasteiger partial charge on any atom is -0.395 e. The number of aliphatic hydroxyl groups is 1. The van der Waals surface area contributed by atoms with Crippen LogP contribution in [0.15, 0.2) is 24.3 Å². The van der Waals surface area contributed by atoms with E-state index in [9.17, 15) is 9.59 Å². The zero-order valence-electron chi connectivity index (χ0n) is 10.9. The lowest BCUT2D eigenvalue weighted by molar-refractivity contribution is -0.126. The van der Waals surface area contributed by atoms with E-state index in [0.717, 1.165) is 11.3 Å². The number of aryl methyl sites for hydroxylation is 1. The highest BCUT2D eigenvalue weighted by atomic mass is 16.3. The first-order valence-electron chi connectivity index (χ1n) is 6.37. The van der Waals surface area contributed by atoms with Gasteiger partial charge in [-0.1, -0.05) is 17.7 Å². The van der Waals surface area contributed by atoms with Gasteiger partial charge in [-0.25, -0.2) is 0 Å². The van der Waals surface area contributed by atoms with E-state index in [1.807, 2.05) is 31.2 Å². The maximum absolute atomic E-state index is 11.9. The zero-order valence-corrected chi connectivity index (χ0v) is 10.9. The number of hydrogen-bond acceptors (Lipinski definition) is 3. The van der Waals surface area contributed by atoms with Gasteiger partial charge in [0.2, 0.25) is 11.8 Å². The van der Waals surface area contributed by atoms with Gasteiger partial charge in [0.15, 0.2) is 0 Å². The first-order chi connectivity index (χ1) is 9.11. The Kier molecular flexibility index (Phi) is 4.16. The monoisotopic (exact) mass is 262 g/mol. The van der Waals surface area contributed by atoms with Crippen molar-refractivity contribution in [3.8, 4) is 0 Å². The van der Waals surface area contributed by atoms with E-state index in [4.69, 9.17) is 5.11 Å². The fourth-order valence-corrected chi connectivity index (χ4v) is 2.18. The molecule has 0 bridgehead atoms. The predicted molar refractivity (Wildman–Crippen MR) is 71.7 cm³/mol. The predicted octanol–water partition coefficient (Wildman–Crippen LogP) is 0.456. The van der Waals surface area contributed by atoms with Crippen molar-refractivity contribution in [2.45, 2.75) is 13.3 Å². The second kappa shape index (κ2) is 5.84. The number of hydrogen-bond donors (Lipinski definition) is 2. The summed E-state index contributed by atoms with van der Waals surface area (Å²) in [6.07, 6.45) is 0.227. The molecule has 5 nitrogen and oxygen atoms in total. The third kappa shape index (κ3) is 3.12. The van der Waals surface area contributed by atoms with Gasteiger partial charge in [0.05, 0.1) is 12.5 Å². The lowest BCUT2D eigenvalue weighted by Gasteiger charge is -2.16. The van der Waals surface area contributed by atoms with Gasteiger partial charge < -0.3 is 15.3 Å². The largest absolute Gasteiger partial charge is 0.395 e. The van der Waals surface area contributed by atoms with E-state index < -0.39 is 0 Å². The molecule has 2 amide bonds. The molecule has 2 N–H and O–H groups in total. The molecule has 1 heterocycles. The normalized spacial score (nSPS) is 18.7. The van der Waals surface area contributed by atoms with Crippen molar-refractivity contribution in [3.63, 3.8) is 0 Å². The van der Waals surface area contributed by atoms with Crippen LogP contribution >= 0.6 is 0 Å². The smallest absolute Gasteiger partial charge is 0.227 e. The highest BCUT2D eigenvalue weighted by molar-refractivity contribution is 6.00. The Bertz CT molecular complexity index is 470. The molecule has 0 radical (unpaired) electrons. The van der Waals surface area contributed by atoms with Gasteiger partial charge in [-0.05, 0) is 19.1 Å². The number of anilines is 1. The van der Waals surface area contributed by atoms with Crippen LogP contribution < -0.4 is 10.2 Å². The summed E-state index contributed by atoms with van der Waals surface area (Å²) in [6, 6.07) is 7.67. The highest BCUT2D eigenvalue weighted by Crippen LogP contribution is 2.25. The molecule has 1 saturated heterocycles. The number of carbonyl (C=O) groups excluding carboxylic acids is 2. The molecule has 1 aromatic rings. The van der Waals surface area contributed by atoms with Gasteiger partial charge in [-0.3, -0.25) is 9.59 Å². The first-order valence-corrected chi connectivity index (χ1v) is 6.37. The summed E-state index contributed by atoms with van der Waals surface area (Å²) in [4.78, 5) is 25.4. The summed E-state index contributed by atoms with van der Waals surface area (Å²) in [6.45, 7) is 2.53. The van der Waals surface area contributed by atoms with Gasteiger partial charge in [-0.15, -0.1) is 0 Å². The molecule has 1 atom stereocenters. The average Bonchev–Trinajstić information content (AvgIpc) is 2.79. The topological polar surface area (TPSA) is 69.6 Å². The number of benzene rings is 1. The van der Waals surface area contributed by atoms with Crippen LogP contribution in [0, 0.1) is 12.8 Å². The molecule has 2 rings (SSSR count). The minimum absolute atomic E-state index is 0.0343. The van der Waals surface area contributed by atoms with Crippen molar-refractivity contribution in [3.05, 3.63) is 29.8 Å². The summed E-state index contributed by atoms with van der Waals surface area (Å²) < 4.78 is 0. The van der Waals surface area contributed by atoms with Crippen LogP contribution in [0.3, 0.4) is 0 Å². The molecular formula is C14H18N2O3. The van der Waals surface area contributed by atoms with E-state index in [0.29, 0.717) is 6.54 Å². The maximum atomic E-state index is 11.9. The second-order valence-corrected chi connectivity index (χ2v) is 4.76. The molecule has 0 saturated carbocycles. The Morgan fingerprint density at radius 2 is 2.11 bits per heavy atom. The van der Waals surface area contributed by atoms with Gasteiger partial charge in [0, 0.05) is 25.2 Å². The third-order valence-electron chi connectivity index (χ3n) is 3.25. The Hall–Kier alpha value is -1.88. The third-order valence-corrected chi connectivity index (χ3v) is 3.25. The summed E-state index contributed by atoms with van der Waals surface area (Å²) in [5.74, 6) is -0.537. The number of carbonyl (C=O) groups is 2. The van der Waals surface area contributed by atoms with Crippen molar-refractivity contribution < 1.29 is 14.7 Å². The van der Waals surface area contributed by atoms with E-state index in [1.165, 1.54) is 0 Å². The Labute approximate surface area is 112 Å². The van der Waals surface area contributed by atoms with Gasteiger partial charge in [0.1, 0.15) is 0 Å². The van der Waals surface area contributed by atoms with Crippen molar-refractivity contribution in [2.75, 3.05) is 24.6 Å². The van der Waals surface area contributed by atoms with E-state index in [2.05, 4.69) is 5.32 Å². The summed E-state index contributed by atoms with van der Waals surface area (Å²) in [7, 11) is 0. The van der Waals surface area contributed by atoms with Gasteiger partial charge in [-0.2, -0.15) is 0 Å². The second-order valence-electron chi connectivity index (χ2n) is 4.76. The number of nitrogens with one attached hydrogen (secondary N) is 1. The van der Waals surface area contributed by atoms with E-state index in [1.54, 1.807) is 4.90 Å². The molecule has 102 valence electrons. The number of aliphatic hydroxyl groups excluding tert-OH is 1. The maximum Gasteiger partial charge on any atom is 0.227 e. The van der Waals surface area contributed by atoms with Crippen molar-refractivity contribution in [1.29, 1.82) is 0 Å². The Balaban J connectivity index is 2.03. The van der Waals surface area contributed by atoms with E-state index >= 15 is 0 Å². The quantitative estimate of drug-likeness (QED) is 0.828. The fraction of sp³-hybridized carbons (Fsp3) is 0.429. The molecule has 0 aromatic heterocycles. The molecule has 0 spiro atoms. The molecule has 1 fully saturated rings. The number of rotatable bonds is 4. The minimum atomic E-state index is -0.333. The average molecular weight is 262 g/mol. The first kappa shape index (κ1) is 13.5. The molecule has 1 aromatic carbocycles. The van der Waals surface area contributed by atoms with Crippen LogP contribution in [0.25, 0.3) is 0 Å². The van der Waals surface area contributed by atoms with Gasteiger partial charge >= 0.3 is 0 Å². The van der Waals surface area contributed by atoms with Crippen LogP contribution in [0.4, 0.5) is 5.69 Å². The van der Waals surface area contributed by atoms with Crippen molar-refractivity contribution >= 4 is 17.5 Å². The van der Waals surface area contributed by atoms with Crippen LogP contribution in [-0.4, -0.2) is 36.6 Å². The van der Waals surface area contributed by atoms with Crippen LogP contribution in [0.5, 0.6) is 0 Å². The summed E-state index contributed by atoms with van der Waals surface area (Å²) in [5, 5.41) is 11.3. The van der Waals surface area contributed by atoms with Crippen molar-refractivity contribution in [2.24, 2.45) is 5.92 Å². The summed E-state index contributed by atoms with van der Waals surface area (Å²) in [5.41, 5.74) is 1.96. The summed E-state index contributed by atoms with van der Waals surface area (Å²) >= 11 is 0. The van der Waals surface area contributed by atoms with E-state index in [-0.39, 0.29) is 37.3 Å². The van der Waals surface area contributed by atoms with Crippen LogP contribution in [0.2, 0.25) is 0 Å². The zero-order chi connectivity index (χ0) is 13.8. The van der Waals surface area contributed by atoms with Crippen LogP contribution in [-0.2, 0) is 9.59 Å². The Morgan fingerprint density at radius 1 is 1.42 bits per heavy atom. The SMILES string of the molecule is Cc1ccc(N2C[C@H](C(=O)NCCO)CC2=O)cc1. The van der Waals surface area contributed by atoms with Crippen molar-refractivity contribution in [1.82, 2.24) is 5.32 Å². The molecule has 5 heteroatoms. The Morgan fingerprint density at radius 3 is 2.74 bits per heavy atom. The van der Waals surface area contributed by atoms with Crippen LogP contribution in [0.1, 0.15) is 12.0 Å². The molecule has 19 heavy (non-hydrogen) atoms. The molecule has 1 aliphatic rings. The highest BCUT2D eigenvalue weighted by Gasteiger charge is 2.34. The number of nitrogens with zero attached hydrogens (tertiary/aromatic N) is 1. The molecule has 0 unspecified atom stereocenters. The van der Waals surface area contributed by atoms with Gasteiger partial charge in [0.25, 0.3) is 0 Å². The fourth-order valence-electron chi connectivity index (χ4n) is 2.18. The molecule has 0 aliphatic carbocycles. The molecular weight excluding hydrogens is 244 g/mol. The lowest BCUT2D eigenvalue weighted by Crippen LogP contribution is -2.34. The lowest BCUT2D eigenvalue weighted by atomic mass is 10.1. The standard InChI is InChI=1S/C14H18N2O3/c1-10-2-4-12(5-3-10)16-9-11(8-13(16)18)14(19)15-6-7-17/h2-5,11,17H,6-9H2,1H3,(H,15,19)/t11-/m1/s1. The number of amides is 2.